The maximum absolute atomic E-state index is 11.5. The van der Waals surface area contributed by atoms with Crippen molar-refractivity contribution in [2.45, 2.75) is 0 Å². The molecule has 1 heterocycles. The number of carbonyl (C=O) groups excluding carboxylic acids is 1. The van der Waals surface area contributed by atoms with E-state index in [4.69, 9.17) is 25.8 Å². The van der Waals surface area contributed by atoms with Crippen LogP contribution in [0.5, 0.6) is 5.75 Å². The highest BCUT2D eigenvalue weighted by Crippen LogP contribution is 2.15. The van der Waals surface area contributed by atoms with E-state index in [-0.39, 0.29) is 25.0 Å². The standard InChI is InChI=1S/C14H18ClNO4.ClH/c15-12-1-3-13(4-2-12)20-11-14(17)19-10-7-16-5-8-18-9-6-16;/h1-4H,5-11H2;1H. The molecule has 0 aliphatic carbocycles. The van der Waals surface area contributed by atoms with Crippen molar-refractivity contribution >= 4 is 17.6 Å². The zero-order valence-electron chi connectivity index (χ0n) is 11.6. The Morgan fingerprint density at radius 1 is 1.24 bits per heavy atom. The van der Waals surface area contributed by atoms with Gasteiger partial charge in [-0.25, -0.2) is 4.79 Å². The van der Waals surface area contributed by atoms with Crippen LogP contribution in [0.15, 0.2) is 24.3 Å². The molecule has 0 saturated carbocycles. The highest BCUT2D eigenvalue weighted by atomic mass is 35.5. The Hall–Kier alpha value is -1.01. The third-order valence-corrected chi connectivity index (χ3v) is 3.34. The number of hydrogen-bond donors (Lipinski definition) is 1. The fourth-order valence-electron chi connectivity index (χ4n) is 1.93. The predicted octanol–water partition coefficient (Wildman–Crippen LogP) is -2.82. The number of halogens is 2. The van der Waals surface area contributed by atoms with Crippen LogP contribution in [-0.2, 0) is 14.3 Å². The summed E-state index contributed by atoms with van der Waals surface area (Å²) in [6.07, 6.45) is 0. The molecule has 7 heteroatoms. The molecule has 0 aromatic heterocycles. The van der Waals surface area contributed by atoms with Crippen molar-refractivity contribution in [3.8, 4) is 5.75 Å². The zero-order valence-corrected chi connectivity index (χ0v) is 13.2. The third-order valence-electron chi connectivity index (χ3n) is 3.09. The van der Waals surface area contributed by atoms with Crippen LogP contribution in [0.2, 0.25) is 5.02 Å². The van der Waals surface area contributed by atoms with Crippen molar-refractivity contribution in [1.29, 1.82) is 0 Å². The summed E-state index contributed by atoms with van der Waals surface area (Å²) in [6.45, 7) is 4.65. The molecule has 0 unspecified atom stereocenters. The first-order valence-corrected chi connectivity index (χ1v) is 7.07. The minimum absolute atomic E-state index is 0. The Morgan fingerprint density at radius 3 is 2.57 bits per heavy atom. The van der Waals surface area contributed by atoms with Gasteiger partial charge in [0.1, 0.15) is 32.0 Å². The average molecular weight is 336 g/mol. The molecular formula is C14H19Cl2NO4. The van der Waals surface area contributed by atoms with E-state index in [1.165, 1.54) is 4.90 Å². The van der Waals surface area contributed by atoms with Crippen molar-refractivity contribution in [1.82, 2.24) is 0 Å². The fraction of sp³-hybridized carbons (Fsp3) is 0.500. The lowest BCUT2D eigenvalue weighted by molar-refractivity contribution is -0.908. The van der Waals surface area contributed by atoms with Gasteiger partial charge in [0, 0.05) is 5.02 Å². The van der Waals surface area contributed by atoms with Crippen LogP contribution in [0.3, 0.4) is 0 Å². The number of esters is 1. The number of carbonyl (C=O) groups is 1. The van der Waals surface area contributed by atoms with Crippen LogP contribution in [0.4, 0.5) is 0 Å². The largest absolute Gasteiger partial charge is 1.00 e. The highest BCUT2D eigenvalue weighted by Gasteiger charge is 2.14. The summed E-state index contributed by atoms with van der Waals surface area (Å²) in [5.74, 6) is 0.248. The lowest BCUT2D eigenvalue weighted by Gasteiger charge is -2.23. The van der Waals surface area contributed by atoms with Crippen LogP contribution >= 0.6 is 11.6 Å². The predicted molar refractivity (Wildman–Crippen MR) is 74.3 cm³/mol. The summed E-state index contributed by atoms with van der Waals surface area (Å²) in [5.41, 5.74) is 0. The van der Waals surface area contributed by atoms with Gasteiger partial charge in [0.2, 0.25) is 0 Å². The molecule has 0 amide bonds. The number of morpholine rings is 1. The van der Waals surface area contributed by atoms with E-state index in [2.05, 4.69) is 0 Å². The summed E-state index contributed by atoms with van der Waals surface area (Å²) in [6, 6.07) is 6.86. The molecule has 0 spiro atoms. The number of quaternary nitrogens is 1. The van der Waals surface area contributed by atoms with Gasteiger partial charge in [0.25, 0.3) is 0 Å². The van der Waals surface area contributed by atoms with Crippen molar-refractivity contribution in [3.05, 3.63) is 29.3 Å². The molecule has 5 nitrogen and oxygen atoms in total. The zero-order chi connectivity index (χ0) is 14.2. The Morgan fingerprint density at radius 2 is 1.90 bits per heavy atom. The van der Waals surface area contributed by atoms with E-state index in [9.17, 15) is 4.79 Å². The van der Waals surface area contributed by atoms with Crippen molar-refractivity contribution < 1.29 is 36.3 Å². The molecule has 118 valence electrons. The monoisotopic (exact) mass is 335 g/mol. The lowest BCUT2D eigenvalue weighted by Crippen LogP contribution is -3.14. The van der Waals surface area contributed by atoms with Gasteiger partial charge in [0.05, 0.1) is 13.2 Å². The molecule has 1 fully saturated rings. The van der Waals surface area contributed by atoms with Gasteiger partial charge in [0.15, 0.2) is 6.61 Å². The molecule has 1 aliphatic rings. The second-order valence-corrected chi connectivity index (χ2v) is 5.01. The summed E-state index contributed by atoms with van der Waals surface area (Å²) in [4.78, 5) is 12.9. The SMILES string of the molecule is O=C(COc1ccc(Cl)cc1)OCC[NH+]1CCOCC1.[Cl-]. The van der Waals surface area contributed by atoms with E-state index < -0.39 is 0 Å². The first-order chi connectivity index (χ1) is 9.74. The van der Waals surface area contributed by atoms with E-state index in [0.29, 0.717) is 17.4 Å². The molecule has 21 heavy (non-hydrogen) atoms. The molecular weight excluding hydrogens is 317 g/mol. The second-order valence-electron chi connectivity index (χ2n) is 4.58. The summed E-state index contributed by atoms with van der Waals surface area (Å²) in [7, 11) is 0. The van der Waals surface area contributed by atoms with Crippen LogP contribution in [0, 0.1) is 0 Å². The van der Waals surface area contributed by atoms with Crippen LogP contribution < -0.4 is 22.0 Å². The molecule has 1 N–H and O–H groups in total. The van der Waals surface area contributed by atoms with E-state index in [0.717, 1.165) is 32.8 Å². The van der Waals surface area contributed by atoms with Crippen molar-refractivity contribution in [3.63, 3.8) is 0 Å². The smallest absolute Gasteiger partial charge is 0.344 e. The Bertz CT molecular complexity index is 421. The van der Waals surface area contributed by atoms with Crippen LogP contribution in [-0.4, -0.2) is 52.0 Å². The van der Waals surface area contributed by atoms with Crippen molar-refractivity contribution in [2.24, 2.45) is 0 Å². The first-order valence-electron chi connectivity index (χ1n) is 6.69. The summed E-state index contributed by atoms with van der Waals surface area (Å²) in [5, 5.41) is 0.633. The van der Waals surface area contributed by atoms with Gasteiger partial charge in [-0.1, -0.05) is 11.6 Å². The Kier molecular flexibility index (Phi) is 8.45. The second kappa shape index (κ2) is 9.84. The van der Waals surface area contributed by atoms with Gasteiger partial charge in [-0.05, 0) is 24.3 Å². The number of rotatable bonds is 6. The normalized spacial score (nSPS) is 15.1. The average Bonchev–Trinajstić information content (AvgIpc) is 2.48. The van der Waals surface area contributed by atoms with Crippen LogP contribution in [0.1, 0.15) is 0 Å². The lowest BCUT2D eigenvalue weighted by atomic mass is 10.3. The molecule has 0 radical (unpaired) electrons. The number of nitrogens with one attached hydrogen (secondary N) is 1. The molecule has 0 bridgehead atoms. The Labute approximate surface area is 135 Å². The molecule has 0 atom stereocenters. The van der Waals surface area contributed by atoms with Gasteiger partial charge in [-0.3, -0.25) is 0 Å². The summed E-state index contributed by atoms with van der Waals surface area (Å²) >= 11 is 5.76. The number of hydrogen-bond acceptors (Lipinski definition) is 4. The van der Waals surface area contributed by atoms with Gasteiger partial charge in [-0.15, -0.1) is 0 Å². The third kappa shape index (κ3) is 7.00. The van der Waals surface area contributed by atoms with E-state index in [1.807, 2.05) is 0 Å². The highest BCUT2D eigenvalue weighted by molar-refractivity contribution is 6.30. The topological polar surface area (TPSA) is 49.2 Å². The quantitative estimate of drug-likeness (QED) is 0.570. The maximum Gasteiger partial charge on any atom is 0.344 e. The first kappa shape index (κ1) is 18.0. The minimum Gasteiger partial charge on any atom is -1.00 e. The molecule has 1 aromatic carbocycles. The Balaban J connectivity index is 0.00000220. The fourth-order valence-corrected chi connectivity index (χ4v) is 2.06. The van der Waals surface area contributed by atoms with Gasteiger partial charge >= 0.3 is 5.97 Å². The maximum atomic E-state index is 11.5. The number of ether oxygens (including phenoxy) is 3. The van der Waals surface area contributed by atoms with E-state index in [1.54, 1.807) is 24.3 Å². The van der Waals surface area contributed by atoms with Gasteiger partial charge < -0.3 is 31.5 Å². The molecule has 1 aromatic rings. The molecule has 1 aliphatic heterocycles. The van der Waals surface area contributed by atoms with Crippen molar-refractivity contribution in [2.75, 3.05) is 46.1 Å². The minimum atomic E-state index is -0.354. The van der Waals surface area contributed by atoms with E-state index >= 15 is 0 Å². The number of benzene rings is 1. The molecule has 2 rings (SSSR count). The summed E-state index contributed by atoms with van der Waals surface area (Å²) < 4.78 is 15.7. The molecule has 1 saturated heterocycles. The van der Waals surface area contributed by atoms with Gasteiger partial charge in [-0.2, -0.15) is 0 Å². The van der Waals surface area contributed by atoms with Crippen LogP contribution in [0.25, 0.3) is 0 Å².